The van der Waals surface area contributed by atoms with Crippen molar-refractivity contribution in [2.75, 3.05) is 7.05 Å². The summed E-state index contributed by atoms with van der Waals surface area (Å²) in [4.78, 5) is 2.41. The van der Waals surface area contributed by atoms with Crippen molar-refractivity contribution >= 4 is 11.0 Å². The number of hydrogen-bond acceptors (Lipinski definition) is 3. The van der Waals surface area contributed by atoms with E-state index in [2.05, 4.69) is 30.1 Å². The summed E-state index contributed by atoms with van der Waals surface area (Å²) in [7, 11) is 2.18. The summed E-state index contributed by atoms with van der Waals surface area (Å²) >= 11 is 0. The average Bonchev–Trinajstić information content (AvgIpc) is 2.91. The second kappa shape index (κ2) is 5.68. The second-order valence-corrected chi connectivity index (χ2v) is 5.81. The zero-order chi connectivity index (χ0) is 13.9. The number of benzene rings is 1. The maximum Gasteiger partial charge on any atom is 0.134 e. The number of rotatable bonds is 3. The van der Waals surface area contributed by atoms with Crippen LogP contribution in [0.5, 0.6) is 0 Å². The summed E-state index contributed by atoms with van der Waals surface area (Å²) in [5, 5.41) is 10.2. The molecule has 3 nitrogen and oxygen atoms in total. The van der Waals surface area contributed by atoms with Gasteiger partial charge in [0.1, 0.15) is 5.58 Å². The Morgan fingerprint density at radius 3 is 2.75 bits per heavy atom. The lowest BCUT2D eigenvalue weighted by atomic mass is 9.86. The highest BCUT2D eigenvalue weighted by Crippen LogP contribution is 2.28. The van der Waals surface area contributed by atoms with Gasteiger partial charge in [-0.3, -0.25) is 4.90 Å². The van der Waals surface area contributed by atoms with Crippen molar-refractivity contribution in [2.24, 2.45) is 5.92 Å². The molecule has 1 heterocycles. The molecule has 2 aromatic rings. The van der Waals surface area contributed by atoms with Crippen molar-refractivity contribution in [2.45, 2.75) is 38.3 Å². The molecule has 0 radical (unpaired) electrons. The van der Waals surface area contributed by atoms with E-state index in [1.807, 2.05) is 18.4 Å². The van der Waals surface area contributed by atoms with Crippen LogP contribution in [0.4, 0.5) is 0 Å². The Morgan fingerprint density at radius 1 is 1.25 bits per heavy atom. The van der Waals surface area contributed by atoms with E-state index in [0.717, 1.165) is 37.8 Å². The summed E-state index contributed by atoms with van der Waals surface area (Å²) < 4.78 is 5.60. The van der Waals surface area contributed by atoms with E-state index in [1.165, 1.54) is 10.9 Å². The molecule has 1 saturated carbocycles. The number of furan rings is 1. The van der Waals surface area contributed by atoms with Gasteiger partial charge in [0, 0.05) is 29.5 Å². The van der Waals surface area contributed by atoms with Gasteiger partial charge < -0.3 is 4.42 Å². The first-order chi connectivity index (χ1) is 9.78. The molecule has 1 aromatic carbocycles. The lowest BCUT2D eigenvalue weighted by Crippen LogP contribution is -2.34. The first-order valence-corrected chi connectivity index (χ1v) is 7.33. The maximum atomic E-state index is 8.97. The van der Waals surface area contributed by atoms with E-state index < -0.39 is 0 Å². The van der Waals surface area contributed by atoms with Gasteiger partial charge in [-0.25, -0.2) is 0 Å². The molecular weight excluding hydrogens is 248 g/mol. The number of nitriles is 1. The van der Waals surface area contributed by atoms with Crippen LogP contribution < -0.4 is 0 Å². The van der Waals surface area contributed by atoms with Crippen LogP contribution in [0.1, 0.15) is 31.2 Å². The largest absolute Gasteiger partial charge is 0.464 e. The fraction of sp³-hybridized carbons (Fsp3) is 0.471. The molecule has 0 N–H and O–H groups in total. The van der Waals surface area contributed by atoms with E-state index in [1.54, 1.807) is 0 Å². The van der Waals surface area contributed by atoms with Crippen molar-refractivity contribution in [3.05, 3.63) is 36.1 Å². The van der Waals surface area contributed by atoms with Gasteiger partial charge >= 0.3 is 0 Å². The monoisotopic (exact) mass is 268 g/mol. The first-order valence-electron chi connectivity index (χ1n) is 7.33. The van der Waals surface area contributed by atoms with Crippen molar-refractivity contribution < 1.29 is 4.42 Å². The van der Waals surface area contributed by atoms with Gasteiger partial charge in [0.25, 0.3) is 0 Å². The van der Waals surface area contributed by atoms with E-state index >= 15 is 0 Å². The molecular formula is C17H20N2O. The highest BCUT2D eigenvalue weighted by Gasteiger charge is 2.24. The van der Waals surface area contributed by atoms with Crippen LogP contribution in [-0.4, -0.2) is 18.0 Å². The van der Waals surface area contributed by atoms with Crippen molar-refractivity contribution in [1.82, 2.24) is 4.90 Å². The highest BCUT2D eigenvalue weighted by molar-refractivity contribution is 5.80. The molecule has 1 aromatic heterocycles. The second-order valence-electron chi connectivity index (χ2n) is 5.81. The third-order valence-corrected chi connectivity index (χ3v) is 4.48. The smallest absolute Gasteiger partial charge is 0.134 e. The molecule has 3 heteroatoms. The third-order valence-electron chi connectivity index (χ3n) is 4.48. The topological polar surface area (TPSA) is 40.2 Å². The molecule has 0 unspecified atom stereocenters. The average molecular weight is 268 g/mol. The lowest BCUT2D eigenvalue weighted by Gasteiger charge is -2.32. The predicted molar refractivity (Wildman–Crippen MR) is 79.0 cm³/mol. The first kappa shape index (κ1) is 13.2. The van der Waals surface area contributed by atoms with E-state index in [9.17, 15) is 0 Å². The Morgan fingerprint density at radius 2 is 2.00 bits per heavy atom. The van der Waals surface area contributed by atoms with E-state index in [0.29, 0.717) is 6.04 Å². The summed E-state index contributed by atoms with van der Waals surface area (Å²) in [6, 6.07) is 11.2. The van der Waals surface area contributed by atoms with Gasteiger partial charge in [0.05, 0.1) is 12.3 Å². The van der Waals surface area contributed by atoms with Gasteiger partial charge in [-0.15, -0.1) is 0 Å². The fourth-order valence-corrected chi connectivity index (χ4v) is 3.20. The molecule has 0 aliphatic heterocycles. The molecule has 3 rings (SSSR count). The molecule has 1 aliphatic rings. The molecule has 1 fully saturated rings. The van der Waals surface area contributed by atoms with Gasteiger partial charge in [-0.2, -0.15) is 5.26 Å². The van der Waals surface area contributed by atoms with Gasteiger partial charge in [0.15, 0.2) is 0 Å². The quantitative estimate of drug-likeness (QED) is 0.846. The fourth-order valence-electron chi connectivity index (χ4n) is 3.20. The molecule has 0 atom stereocenters. The molecule has 104 valence electrons. The third kappa shape index (κ3) is 2.57. The zero-order valence-corrected chi connectivity index (χ0v) is 11.9. The summed E-state index contributed by atoms with van der Waals surface area (Å²) in [5.41, 5.74) is 2.22. The van der Waals surface area contributed by atoms with Gasteiger partial charge in [-0.05, 0) is 38.8 Å². The summed E-state index contributed by atoms with van der Waals surface area (Å²) in [6.45, 7) is 0.916. The Labute approximate surface area is 119 Å². The van der Waals surface area contributed by atoms with Crippen molar-refractivity contribution in [3.8, 4) is 6.07 Å². The van der Waals surface area contributed by atoms with Crippen LogP contribution in [-0.2, 0) is 6.54 Å². The van der Waals surface area contributed by atoms with Crippen LogP contribution in [0.15, 0.2) is 34.9 Å². The summed E-state index contributed by atoms with van der Waals surface area (Å²) in [6.07, 6.45) is 6.21. The zero-order valence-electron chi connectivity index (χ0n) is 11.9. The Hall–Kier alpha value is -1.79. The van der Waals surface area contributed by atoms with E-state index in [4.69, 9.17) is 9.68 Å². The van der Waals surface area contributed by atoms with Crippen LogP contribution in [0.3, 0.4) is 0 Å². The Bertz CT molecular complexity index is 617. The number of para-hydroxylation sites is 1. The number of fused-ring (bicyclic) bond motifs is 1. The number of hydrogen-bond donors (Lipinski definition) is 0. The van der Waals surface area contributed by atoms with Crippen LogP contribution in [0, 0.1) is 17.2 Å². The minimum Gasteiger partial charge on any atom is -0.464 e. The molecule has 0 saturated heterocycles. The van der Waals surface area contributed by atoms with E-state index in [-0.39, 0.29) is 5.92 Å². The standard InChI is InChI=1S/C17H20N2O/c1-19(15-8-6-13(10-18)7-9-15)11-14-12-20-17-5-3-2-4-16(14)17/h2-5,12-13,15H,6-9,11H2,1H3. The van der Waals surface area contributed by atoms with Crippen molar-refractivity contribution in [1.29, 1.82) is 5.26 Å². The summed E-state index contributed by atoms with van der Waals surface area (Å²) in [5.74, 6) is 0.273. The molecule has 0 spiro atoms. The molecule has 0 bridgehead atoms. The van der Waals surface area contributed by atoms with Crippen LogP contribution in [0.25, 0.3) is 11.0 Å². The van der Waals surface area contributed by atoms with Crippen LogP contribution in [0.2, 0.25) is 0 Å². The van der Waals surface area contributed by atoms with Crippen LogP contribution >= 0.6 is 0 Å². The minimum absolute atomic E-state index is 0.273. The molecule has 1 aliphatic carbocycles. The lowest BCUT2D eigenvalue weighted by molar-refractivity contribution is 0.172. The predicted octanol–water partition coefficient (Wildman–Crippen LogP) is 3.95. The molecule has 0 amide bonds. The Kier molecular flexibility index (Phi) is 3.75. The molecule has 20 heavy (non-hydrogen) atoms. The highest BCUT2D eigenvalue weighted by atomic mass is 16.3. The Balaban J connectivity index is 1.67. The SMILES string of the molecule is CN(Cc1coc2ccccc12)C1CCC(C#N)CC1. The minimum atomic E-state index is 0.273. The normalized spacial score (nSPS) is 23.1. The maximum absolute atomic E-state index is 8.97. The van der Waals surface area contributed by atoms with Crippen molar-refractivity contribution in [3.63, 3.8) is 0 Å². The van der Waals surface area contributed by atoms with Gasteiger partial charge in [0.2, 0.25) is 0 Å². The number of nitrogens with zero attached hydrogens (tertiary/aromatic N) is 2. The van der Waals surface area contributed by atoms with Gasteiger partial charge in [-0.1, -0.05) is 18.2 Å².